The van der Waals surface area contributed by atoms with Crippen LogP contribution in [0.2, 0.25) is 0 Å². The van der Waals surface area contributed by atoms with Crippen molar-refractivity contribution in [3.8, 4) is 0 Å². The molecule has 2 aromatic rings. The Morgan fingerprint density at radius 3 is 2.68 bits per heavy atom. The van der Waals surface area contributed by atoms with Gasteiger partial charge in [-0.25, -0.2) is 4.98 Å². The molecule has 0 saturated carbocycles. The van der Waals surface area contributed by atoms with Crippen LogP contribution in [0.25, 0.3) is 0 Å². The topological polar surface area (TPSA) is 42.7 Å². The molecule has 2 heterocycles. The van der Waals surface area contributed by atoms with E-state index in [1.165, 1.54) is 5.56 Å². The summed E-state index contributed by atoms with van der Waals surface area (Å²) >= 11 is 0. The Kier molecular flexibility index (Phi) is 5.10. The maximum Gasteiger partial charge on any atom is 0.126 e. The van der Waals surface area contributed by atoms with Crippen LogP contribution in [-0.2, 0) is 13.0 Å². The van der Waals surface area contributed by atoms with Gasteiger partial charge in [0.1, 0.15) is 5.82 Å². The largest absolute Gasteiger partial charge is 0.334 e. The van der Waals surface area contributed by atoms with Crippen molar-refractivity contribution in [1.29, 1.82) is 0 Å². The van der Waals surface area contributed by atoms with Gasteiger partial charge in [0.05, 0.1) is 6.04 Å². The molecule has 0 saturated heterocycles. The van der Waals surface area contributed by atoms with Crippen LogP contribution in [0.5, 0.6) is 0 Å². The molecule has 0 bridgehead atoms. The Morgan fingerprint density at radius 2 is 2.00 bits per heavy atom. The summed E-state index contributed by atoms with van der Waals surface area (Å²) in [5, 5.41) is 3.59. The lowest BCUT2D eigenvalue weighted by atomic mass is 10.1. The van der Waals surface area contributed by atoms with Crippen LogP contribution in [0.15, 0.2) is 36.9 Å². The van der Waals surface area contributed by atoms with E-state index in [1.54, 1.807) is 0 Å². The Balaban J connectivity index is 2.16. The van der Waals surface area contributed by atoms with Gasteiger partial charge in [0.25, 0.3) is 0 Å². The second kappa shape index (κ2) is 7.04. The first kappa shape index (κ1) is 13.7. The zero-order valence-corrected chi connectivity index (χ0v) is 11.7. The fourth-order valence-corrected chi connectivity index (χ4v) is 2.23. The third kappa shape index (κ3) is 3.64. The standard InChI is InChI=1S/C15H22N4/c1-3-7-17-14(12-13-5-8-16-9-6-13)15-18-10-11-19(15)4-2/h5-6,8-11,14,17H,3-4,7,12H2,1-2H3. The molecule has 0 radical (unpaired) electrons. The van der Waals surface area contributed by atoms with Gasteiger partial charge < -0.3 is 9.88 Å². The van der Waals surface area contributed by atoms with E-state index >= 15 is 0 Å². The molecular weight excluding hydrogens is 236 g/mol. The summed E-state index contributed by atoms with van der Waals surface area (Å²) in [6.45, 7) is 6.29. The van der Waals surface area contributed by atoms with Crippen LogP contribution in [0.3, 0.4) is 0 Å². The first-order valence-corrected chi connectivity index (χ1v) is 6.98. The summed E-state index contributed by atoms with van der Waals surface area (Å²) in [7, 11) is 0. The second-order valence-corrected chi connectivity index (χ2v) is 4.64. The monoisotopic (exact) mass is 258 g/mol. The van der Waals surface area contributed by atoms with Crippen LogP contribution in [0.1, 0.15) is 37.7 Å². The van der Waals surface area contributed by atoms with E-state index in [4.69, 9.17) is 0 Å². The number of imidazole rings is 1. The molecule has 2 rings (SSSR count). The molecule has 0 aliphatic rings. The van der Waals surface area contributed by atoms with Crippen molar-refractivity contribution in [2.45, 2.75) is 39.3 Å². The van der Waals surface area contributed by atoms with Crippen molar-refractivity contribution >= 4 is 0 Å². The molecule has 102 valence electrons. The smallest absolute Gasteiger partial charge is 0.126 e. The van der Waals surface area contributed by atoms with Crippen molar-refractivity contribution in [2.75, 3.05) is 6.54 Å². The van der Waals surface area contributed by atoms with Crippen LogP contribution in [0, 0.1) is 0 Å². The summed E-state index contributed by atoms with van der Waals surface area (Å²) in [6.07, 6.45) is 9.69. The molecular formula is C15H22N4. The predicted molar refractivity (Wildman–Crippen MR) is 76.9 cm³/mol. The third-order valence-corrected chi connectivity index (χ3v) is 3.23. The third-order valence-electron chi connectivity index (χ3n) is 3.23. The summed E-state index contributed by atoms with van der Waals surface area (Å²) in [4.78, 5) is 8.59. The summed E-state index contributed by atoms with van der Waals surface area (Å²) in [5.74, 6) is 1.12. The van der Waals surface area contributed by atoms with Gasteiger partial charge in [-0.1, -0.05) is 6.92 Å². The lowest BCUT2D eigenvalue weighted by Crippen LogP contribution is -2.27. The maximum atomic E-state index is 4.52. The number of aryl methyl sites for hydroxylation is 1. The number of hydrogen-bond acceptors (Lipinski definition) is 3. The van der Waals surface area contributed by atoms with E-state index in [9.17, 15) is 0 Å². The van der Waals surface area contributed by atoms with Gasteiger partial charge in [-0.2, -0.15) is 0 Å². The number of pyridine rings is 1. The molecule has 2 aromatic heterocycles. The van der Waals surface area contributed by atoms with E-state index < -0.39 is 0 Å². The van der Waals surface area contributed by atoms with Crippen molar-refractivity contribution < 1.29 is 0 Å². The van der Waals surface area contributed by atoms with Crippen LogP contribution in [0.4, 0.5) is 0 Å². The zero-order valence-electron chi connectivity index (χ0n) is 11.7. The highest BCUT2D eigenvalue weighted by Crippen LogP contribution is 2.17. The van der Waals surface area contributed by atoms with Crippen LogP contribution < -0.4 is 5.32 Å². The highest BCUT2D eigenvalue weighted by atomic mass is 15.1. The molecule has 4 nitrogen and oxygen atoms in total. The van der Waals surface area contributed by atoms with E-state index in [1.807, 2.05) is 24.8 Å². The highest BCUT2D eigenvalue weighted by Gasteiger charge is 2.16. The van der Waals surface area contributed by atoms with E-state index in [2.05, 4.69) is 45.8 Å². The summed E-state index contributed by atoms with van der Waals surface area (Å²) < 4.78 is 2.20. The molecule has 0 amide bonds. The van der Waals surface area contributed by atoms with Gasteiger partial charge in [0.15, 0.2) is 0 Å². The molecule has 1 atom stereocenters. The molecule has 0 fully saturated rings. The number of nitrogens with one attached hydrogen (secondary N) is 1. The number of aromatic nitrogens is 3. The fraction of sp³-hybridized carbons (Fsp3) is 0.467. The fourth-order valence-electron chi connectivity index (χ4n) is 2.23. The lowest BCUT2D eigenvalue weighted by Gasteiger charge is -2.19. The van der Waals surface area contributed by atoms with Gasteiger partial charge >= 0.3 is 0 Å². The van der Waals surface area contributed by atoms with Gasteiger partial charge in [0.2, 0.25) is 0 Å². The van der Waals surface area contributed by atoms with Gasteiger partial charge in [-0.3, -0.25) is 4.98 Å². The van der Waals surface area contributed by atoms with Gasteiger partial charge in [-0.15, -0.1) is 0 Å². The van der Waals surface area contributed by atoms with Crippen molar-refractivity contribution in [1.82, 2.24) is 19.9 Å². The Bertz CT molecular complexity index is 478. The van der Waals surface area contributed by atoms with Gasteiger partial charge in [0, 0.05) is 31.3 Å². The van der Waals surface area contributed by atoms with Crippen molar-refractivity contribution in [2.24, 2.45) is 0 Å². The number of hydrogen-bond donors (Lipinski definition) is 1. The minimum atomic E-state index is 0.261. The first-order valence-electron chi connectivity index (χ1n) is 6.98. The Hall–Kier alpha value is -1.68. The average molecular weight is 258 g/mol. The maximum absolute atomic E-state index is 4.52. The lowest BCUT2D eigenvalue weighted by molar-refractivity contribution is 0.482. The van der Waals surface area contributed by atoms with Gasteiger partial charge in [-0.05, 0) is 44.0 Å². The molecule has 4 heteroatoms. The minimum Gasteiger partial charge on any atom is -0.334 e. The first-order chi connectivity index (χ1) is 9.35. The summed E-state index contributed by atoms with van der Waals surface area (Å²) in [5.41, 5.74) is 1.29. The highest BCUT2D eigenvalue weighted by molar-refractivity contribution is 5.14. The SMILES string of the molecule is CCCNC(Cc1ccncc1)c1nccn1CC. The normalized spacial score (nSPS) is 12.5. The average Bonchev–Trinajstić information content (AvgIpc) is 2.93. The molecule has 0 aliphatic carbocycles. The summed E-state index contributed by atoms with van der Waals surface area (Å²) in [6, 6.07) is 4.40. The molecule has 1 unspecified atom stereocenters. The van der Waals surface area contributed by atoms with Crippen molar-refractivity contribution in [3.63, 3.8) is 0 Å². The predicted octanol–water partition coefficient (Wildman–Crippen LogP) is 2.58. The Labute approximate surface area is 114 Å². The molecule has 0 spiro atoms. The van der Waals surface area contributed by atoms with E-state index in [0.717, 1.165) is 31.8 Å². The van der Waals surface area contributed by atoms with E-state index in [0.29, 0.717) is 0 Å². The molecule has 0 aliphatic heterocycles. The molecule has 0 aromatic carbocycles. The minimum absolute atomic E-state index is 0.261. The van der Waals surface area contributed by atoms with Crippen LogP contribution in [-0.4, -0.2) is 21.1 Å². The zero-order chi connectivity index (χ0) is 13.5. The van der Waals surface area contributed by atoms with Crippen molar-refractivity contribution in [3.05, 3.63) is 48.3 Å². The molecule has 19 heavy (non-hydrogen) atoms. The number of nitrogens with zero attached hydrogens (tertiary/aromatic N) is 3. The quantitative estimate of drug-likeness (QED) is 0.830. The van der Waals surface area contributed by atoms with Crippen LogP contribution >= 0.6 is 0 Å². The second-order valence-electron chi connectivity index (χ2n) is 4.64. The number of rotatable bonds is 7. The van der Waals surface area contributed by atoms with E-state index in [-0.39, 0.29) is 6.04 Å². The molecule has 1 N–H and O–H groups in total. The Morgan fingerprint density at radius 1 is 1.21 bits per heavy atom.